The van der Waals surface area contributed by atoms with E-state index in [-0.39, 0.29) is 31.4 Å². The van der Waals surface area contributed by atoms with E-state index < -0.39 is 0 Å². The van der Waals surface area contributed by atoms with Crippen molar-refractivity contribution < 1.29 is 9.32 Å². The van der Waals surface area contributed by atoms with Crippen LogP contribution in [0.2, 0.25) is 0 Å². The zero-order chi connectivity index (χ0) is 17.8. The Bertz CT molecular complexity index is 889. The second kappa shape index (κ2) is 8.59. The highest BCUT2D eigenvalue weighted by atomic mass is 35.5. The summed E-state index contributed by atoms with van der Waals surface area (Å²) in [5, 5.41) is 11.0. The predicted octanol–water partition coefficient (Wildman–Crippen LogP) is 1.59. The molecule has 0 bridgehead atoms. The number of aromatic nitrogens is 4. The number of rotatable bonds is 6. The van der Waals surface area contributed by atoms with Crippen LogP contribution in [0.3, 0.4) is 0 Å². The number of halogens is 1. The normalized spacial score (nSPS) is 10.4. The number of nitrogens with two attached hydrogens (primary N) is 1. The molecular weight excluding hydrogens is 356 g/mol. The van der Waals surface area contributed by atoms with Gasteiger partial charge < -0.3 is 15.6 Å². The summed E-state index contributed by atoms with van der Waals surface area (Å²) in [6.45, 7) is 4.77. The monoisotopic (exact) mass is 376 g/mol. The van der Waals surface area contributed by atoms with Gasteiger partial charge in [0.2, 0.25) is 17.6 Å². The lowest BCUT2D eigenvalue weighted by molar-refractivity contribution is -0.120. The van der Waals surface area contributed by atoms with E-state index in [4.69, 9.17) is 10.3 Å². The summed E-state index contributed by atoms with van der Waals surface area (Å²) in [5.74, 6) is 0.541. The molecule has 0 aliphatic heterocycles. The third-order valence-electron chi connectivity index (χ3n) is 3.71. The molecule has 1 amide bonds. The first-order chi connectivity index (χ1) is 12.0. The van der Waals surface area contributed by atoms with Crippen molar-refractivity contribution in [3.05, 3.63) is 53.2 Å². The van der Waals surface area contributed by atoms with Gasteiger partial charge in [0.1, 0.15) is 0 Å². The quantitative estimate of drug-likeness (QED) is 0.675. The molecule has 0 aliphatic carbocycles. The van der Waals surface area contributed by atoms with Gasteiger partial charge in [-0.25, -0.2) is 0 Å². The smallest absolute Gasteiger partial charge is 0.246 e. The Morgan fingerprint density at radius 1 is 1.31 bits per heavy atom. The van der Waals surface area contributed by atoms with Gasteiger partial charge in [-0.05, 0) is 31.5 Å². The number of nitrogens with one attached hydrogen (secondary N) is 1. The lowest BCUT2D eigenvalue weighted by Gasteiger charge is -2.05. The number of hydrogen-bond donors (Lipinski definition) is 2. The minimum absolute atomic E-state index is 0. The van der Waals surface area contributed by atoms with E-state index in [9.17, 15) is 4.79 Å². The van der Waals surface area contributed by atoms with Crippen LogP contribution in [0, 0.1) is 13.8 Å². The fourth-order valence-corrected chi connectivity index (χ4v) is 2.51. The molecule has 0 saturated heterocycles. The van der Waals surface area contributed by atoms with Gasteiger partial charge in [0.15, 0.2) is 0 Å². The van der Waals surface area contributed by atoms with Gasteiger partial charge in [0.05, 0.1) is 25.3 Å². The van der Waals surface area contributed by atoms with E-state index in [1.54, 1.807) is 0 Å². The van der Waals surface area contributed by atoms with Crippen molar-refractivity contribution in [2.45, 2.75) is 26.9 Å². The molecule has 3 aromatic rings. The molecule has 0 fully saturated rings. The van der Waals surface area contributed by atoms with Crippen LogP contribution in [0.1, 0.15) is 22.8 Å². The minimum Gasteiger partial charge on any atom is -0.346 e. The highest BCUT2D eigenvalue weighted by molar-refractivity contribution is 5.85. The lowest BCUT2D eigenvalue weighted by atomic mass is 10.1. The Hall–Kier alpha value is -2.71. The molecule has 26 heavy (non-hydrogen) atoms. The van der Waals surface area contributed by atoms with Crippen molar-refractivity contribution in [1.82, 2.24) is 25.2 Å². The standard InChI is InChI=1S/C17H20N6O2.ClH/c1-11-6-12(2)23(21-11)10-13-4-3-5-14(7-13)17-20-16(25-22-17)9-19-15(24)8-18;/h3-7H,8-10,18H2,1-2H3,(H,19,24);1H. The van der Waals surface area contributed by atoms with Crippen molar-refractivity contribution >= 4 is 18.3 Å². The molecule has 0 aliphatic rings. The van der Waals surface area contributed by atoms with Crippen LogP contribution in [0.5, 0.6) is 0 Å². The number of carbonyl (C=O) groups is 1. The maximum absolute atomic E-state index is 11.2. The van der Waals surface area contributed by atoms with Gasteiger partial charge in [-0.3, -0.25) is 9.48 Å². The average molecular weight is 377 g/mol. The molecule has 0 saturated carbocycles. The number of benzene rings is 1. The Labute approximate surface area is 157 Å². The predicted molar refractivity (Wildman–Crippen MR) is 98.7 cm³/mol. The summed E-state index contributed by atoms with van der Waals surface area (Å²) in [4.78, 5) is 15.5. The van der Waals surface area contributed by atoms with Crippen LogP contribution in [0.25, 0.3) is 11.4 Å². The molecule has 138 valence electrons. The second-order valence-corrected chi connectivity index (χ2v) is 5.78. The van der Waals surface area contributed by atoms with E-state index in [1.807, 2.05) is 48.9 Å². The number of aryl methyl sites for hydroxylation is 2. The SMILES string of the molecule is Cc1cc(C)n(Cc2cccc(-c3noc(CNC(=O)CN)n3)c2)n1.Cl. The van der Waals surface area contributed by atoms with E-state index in [0.717, 1.165) is 22.5 Å². The van der Waals surface area contributed by atoms with Crippen molar-refractivity contribution in [2.75, 3.05) is 6.54 Å². The highest BCUT2D eigenvalue weighted by Crippen LogP contribution is 2.18. The first-order valence-corrected chi connectivity index (χ1v) is 7.95. The molecule has 0 spiro atoms. The largest absolute Gasteiger partial charge is 0.346 e. The maximum atomic E-state index is 11.2. The number of carbonyl (C=O) groups excluding carboxylic acids is 1. The summed E-state index contributed by atoms with van der Waals surface area (Å²) >= 11 is 0. The third-order valence-corrected chi connectivity index (χ3v) is 3.71. The molecular formula is C17H21ClN6O2. The van der Waals surface area contributed by atoms with Crippen LogP contribution in [0.4, 0.5) is 0 Å². The van der Waals surface area contributed by atoms with Gasteiger partial charge in [-0.2, -0.15) is 10.1 Å². The van der Waals surface area contributed by atoms with Crippen molar-refractivity contribution in [1.29, 1.82) is 0 Å². The second-order valence-electron chi connectivity index (χ2n) is 5.78. The summed E-state index contributed by atoms with van der Waals surface area (Å²) in [7, 11) is 0. The summed E-state index contributed by atoms with van der Waals surface area (Å²) < 4.78 is 7.12. The van der Waals surface area contributed by atoms with Crippen LogP contribution in [-0.4, -0.2) is 32.4 Å². The number of hydrogen-bond acceptors (Lipinski definition) is 6. The van der Waals surface area contributed by atoms with Crippen LogP contribution < -0.4 is 11.1 Å². The van der Waals surface area contributed by atoms with E-state index >= 15 is 0 Å². The first kappa shape index (κ1) is 19.6. The van der Waals surface area contributed by atoms with Gasteiger partial charge in [-0.1, -0.05) is 23.4 Å². The Balaban J connectivity index is 0.00000243. The molecule has 9 heteroatoms. The van der Waals surface area contributed by atoms with Gasteiger partial charge in [-0.15, -0.1) is 12.4 Å². The maximum Gasteiger partial charge on any atom is 0.246 e. The highest BCUT2D eigenvalue weighted by Gasteiger charge is 2.10. The average Bonchev–Trinajstić information content (AvgIpc) is 3.19. The molecule has 1 aromatic carbocycles. The molecule has 2 aromatic heterocycles. The summed E-state index contributed by atoms with van der Waals surface area (Å²) in [5.41, 5.74) is 9.28. The van der Waals surface area contributed by atoms with Crippen LogP contribution >= 0.6 is 12.4 Å². The van der Waals surface area contributed by atoms with Crippen LogP contribution in [-0.2, 0) is 17.9 Å². The minimum atomic E-state index is -0.272. The molecule has 3 N–H and O–H groups in total. The van der Waals surface area contributed by atoms with E-state index in [1.165, 1.54) is 0 Å². The topological polar surface area (TPSA) is 112 Å². The molecule has 3 rings (SSSR count). The van der Waals surface area contributed by atoms with Gasteiger partial charge in [0.25, 0.3) is 0 Å². The van der Waals surface area contributed by atoms with Crippen molar-refractivity contribution in [3.63, 3.8) is 0 Å². The molecule has 2 heterocycles. The fraction of sp³-hybridized carbons (Fsp3) is 0.294. The zero-order valence-corrected chi connectivity index (χ0v) is 15.4. The third kappa shape index (κ3) is 4.68. The molecule has 0 atom stereocenters. The lowest BCUT2D eigenvalue weighted by Crippen LogP contribution is -2.29. The molecule has 8 nitrogen and oxygen atoms in total. The van der Waals surface area contributed by atoms with Gasteiger partial charge >= 0.3 is 0 Å². The number of nitrogens with zero attached hydrogens (tertiary/aromatic N) is 4. The van der Waals surface area contributed by atoms with Crippen molar-refractivity contribution in [2.24, 2.45) is 5.73 Å². The van der Waals surface area contributed by atoms with E-state index in [0.29, 0.717) is 18.3 Å². The first-order valence-electron chi connectivity index (χ1n) is 7.95. The molecule has 0 unspecified atom stereocenters. The van der Waals surface area contributed by atoms with Crippen molar-refractivity contribution in [3.8, 4) is 11.4 Å². The zero-order valence-electron chi connectivity index (χ0n) is 14.6. The van der Waals surface area contributed by atoms with E-state index in [2.05, 4.69) is 20.6 Å². The summed E-state index contributed by atoms with van der Waals surface area (Å²) in [6.07, 6.45) is 0. The Morgan fingerprint density at radius 2 is 2.12 bits per heavy atom. The molecule has 0 radical (unpaired) electrons. The van der Waals surface area contributed by atoms with Gasteiger partial charge in [0, 0.05) is 11.3 Å². The number of amides is 1. The fourth-order valence-electron chi connectivity index (χ4n) is 2.51. The Kier molecular flexibility index (Phi) is 6.48. The Morgan fingerprint density at radius 3 is 2.81 bits per heavy atom. The summed E-state index contributed by atoms with van der Waals surface area (Å²) in [6, 6.07) is 9.94. The van der Waals surface area contributed by atoms with Crippen LogP contribution in [0.15, 0.2) is 34.9 Å².